The number of benzene rings is 1. The van der Waals surface area contributed by atoms with Crippen molar-refractivity contribution < 1.29 is 13.2 Å². The highest BCUT2D eigenvalue weighted by Gasteiger charge is 2.32. The van der Waals surface area contributed by atoms with Crippen molar-refractivity contribution in [2.45, 2.75) is 38.4 Å². The Balaban J connectivity index is 1.98. The summed E-state index contributed by atoms with van der Waals surface area (Å²) in [5.74, 6) is 0.948. The minimum absolute atomic E-state index is 0.489. The molecule has 1 saturated heterocycles. The summed E-state index contributed by atoms with van der Waals surface area (Å²) in [6.07, 6.45) is -0.0518. The van der Waals surface area contributed by atoms with E-state index in [4.69, 9.17) is 0 Å². The molecule has 0 bridgehead atoms. The topological polar surface area (TPSA) is 15.6 Å². The second-order valence-corrected chi connectivity index (χ2v) is 5.10. The second kappa shape index (κ2) is 4.54. The Kier molecular flexibility index (Phi) is 2.99. The number of rotatable bonds is 0. The Morgan fingerprint density at radius 3 is 2.74 bits per heavy atom. The van der Waals surface area contributed by atoms with Gasteiger partial charge in [-0.15, -0.1) is 0 Å². The van der Waals surface area contributed by atoms with Gasteiger partial charge >= 0.3 is 6.18 Å². The van der Waals surface area contributed by atoms with Crippen molar-refractivity contribution >= 4 is 11.5 Å². The van der Waals surface area contributed by atoms with Crippen LogP contribution < -0.4 is 0 Å². The molecule has 1 fully saturated rings. The molecule has 2 heterocycles. The molecule has 5 heteroatoms. The van der Waals surface area contributed by atoms with E-state index in [2.05, 4.69) is 9.89 Å². The van der Waals surface area contributed by atoms with Crippen molar-refractivity contribution in [3.63, 3.8) is 0 Å². The highest BCUT2D eigenvalue weighted by Crippen LogP contribution is 2.36. The van der Waals surface area contributed by atoms with Crippen LogP contribution >= 0.6 is 0 Å². The molecule has 0 atom stereocenters. The summed E-state index contributed by atoms with van der Waals surface area (Å²) < 4.78 is 38.1. The van der Waals surface area contributed by atoms with Crippen LogP contribution in [0.5, 0.6) is 0 Å². The summed E-state index contributed by atoms with van der Waals surface area (Å²) in [6.45, 7) is 1.64. The zero-order valence-electron chi connectivity index (χ0n) is 10.5. The molecule has 2 aliphatic heterocycles. The number of fused-ring (bicyclic) bond motifs is 2. The minimum atomic E-state index is -4.30. The van der Waals surface area contributed by atoms with Crippen molar-refractivity contribution in [2.75, 3.05) is 6.54 Å². The van der Waals surface area contributed by atoms with Crippen molar-refractivity contribution in [3.05, 3.63) is 29.3 Å². The lowest BCUT2D eigenvalue weighted by Crippen LogP contribution is -2.32. The van der Waals surface area contributed by atoms with Gasteiger partial charge in [0.1, 0.15) is 5.84 Å². The largest absolute Gasteiger partial charge is 0.416 e. The molecular formula is C14H15F3N2. The van der Waals surface area contributed by atoms with Gasteiger partial charge in [-0.1, -0.05) is 12.5 Å². The van der Waals surface area contributed by atoms with Crippen molar-refractivity contribution in [1.29, 1.82) is 0 Å². The Hall–Kier alpha value is -1.52. The minimum Gasteiger partial charge on any atom is -0.356 e. The Bertz CT molecular complexity index is 520. The standard InChI is InChI=1S/C14H15F3N2/c15-14(16,17)11-6-5-10-9-19-7-3-1-2-4-13(19)18-12(10)8-11/h5-6,8H,1-4,7,9H2. The fourth-order valence-corrected chi connectivity index (χ4v) is 2.67. The fourth-order valence-electron chi connectivity index (χ4n) is 2.67. The van der Waals surface area contributed by atoms with Gasteiger partial charge in [-0.25, -0.2) is 4.99 Å². The quantitative estimate of drug-likeness (QED) is 0.691. The van der Waals surface area contributed by atoms with Crippen LogP contribution in [0.25, 0.3) is 0 Å². The van der Waals surface area contributed by atoms with E-state index in [0.717, 1.165) is 43.3 Å². The number of aliphatic imine (C=N–C) groups is 1. The highest BCUT2D eigenvalue weighted by molar-refractivity contribution is 5.87. The van der Waals surface area contributed by atoms with E-state index in [9.17, 15) is 13.2 Å². The summed E-state index contributed by atoms with van der Waals surface area (Å²) >= 11 is 0. The summed E-state index contributed by atoms with van der Waals surface area (Å²) in [7, 11) is 0. The van der Waals surface area contributed by atoms with Gasteiger partial charge in [0.25, 0.3) is 0 Å². The van der Waals surface area contributed by atoms with Gasteiger partial charge < -0.3 is 4.90 Å². The molecular weight excluding hydrogens is 253 g/mol. The summed E-state index contributed by atoms with van der Waals surface area (Å²) in [5.41, 5.74) is 0.763. The van der Waals surface area contributed by atoms with Gasteiger partial charge in [0, 0.05) is 19.5 Å². The predicted molar refractivity (Wildman–Crippen MR) is 67.4 cm³/mol. The molecule has 0 saturated carbocycles. The van der Waals surface area contributed by atoms with Crippen LogP contribution in [0, 0.1) is 0 Å². The molecule has 1 aromatic rings. The highest BCUT2D eigenvalue weighted by atomic mass is 19.4. The van der Waals surface area contributed by atoms with Crippen LogP contribution in [0.15, 0.2) is 23.2 Å². The summed E-state index contributed by atoms with van der Waals surface area (Å²) in [4.78, 5) is 6.64. The lowest BCUT2D eigenvalue weighted by molar-refractivity contribution is -0.137. The molecule has 0 aliphatic carbocycles. The van der Waals surface area contributed by atoms with Gasteiger partial charge in [0.15, 0.2) is 0 Å². The van der Waals surface area contributed by atoms with Gasteiger partial charge in [-0.3, -0.25) is 0 Å². The average molecular weight is 268 g/mol. The number of hydrogen-bond acceptors (Lipinski definition) is 2. The van der Waals surface area contributed by atoms with Crippen LogP contribution in [0.1, 0.15) is 36.8 Å². The van der Waals surface area contributed by atoms with Gasteiger partial charge in [0.05, 0.1) is 11.3 Å². The second-order valence-electron chi connectivity index (χ2n) is 5.10. The maximum atomic E-state index is 12.7. The molecule has 0 amide bonds. The molecule has 3 rings (SSSR count). The molecule has 2 aliphatic rings. The molecule has 2 nitrogen and oxygen atoms in total. The van der Waals surface area contributed by atoms with E-state index in [1.807, 2.05) is 0 Å². The lowest BCUT2D eigenvalue weighted by atomic mass is 10.1. The van der Waals surface area contributed by atoms with E-state index < -0.39 is 11.7 Å². The van der Waals surface area contributed by atoms with E-state index in [-0.39, 0.29) is 0 Å². The molecule has 19 heavy (non-hydrogen) atoms. The van der Waals surface area contributed by atoms with E-state index in [0.29, 0.717) is 12.2 Å². The molecule has 0 unspecified atom stereocenters. The SMILES string of the molecule is FC(F)(F)c1ccc2c(c1)N=C1CCCCCN1C2. The van der Waals surface area contributed by atoms with Crippen molar-refractivity contribution in [1.82, 2.24) is 4.90 Å². The summed E-state index contributed by atoms with van der Waals surface area (Å²) in [6, 6.07) is 3.88. The smallest absolute Gasteiger partial charge is 0.356 e. The number of nitrogens with zero attached hydrogens (tertiary/aromatic N) is 2. The zero-order valence-corrected chi connectivity index (χ0v) is 10.5. The maximum Gasteiger partial charge on any atom is 0.416 e. The summed E-state index contributed by atoms with van der Waals surface area (Å²) in [5, 5.41) is 0. The van der Waals surface area contributed by atoms with Crippen LogP contribution in [-0.2, 0) is 12.7 Å². The van der Waals surface area contributed by atoms with E-state index in [1.165, 1.54) is 12.5 Å². The Morgan fingerprint density at radius 1 is 1.11 bits per heavy atom. The fraction of sp³-hybridized carbons (Fsp3) is 0.500. The third kappa shape index (κ3) is 2.46. The van der Waals surface area contributed by atoms with E-state index >= 15 is 0 Å². The van der Waals surface area contributed by atoms with Gasteiger partial charge in [-0.05, 0) is 30.5 Å². The first-order valence-corrected chi connectivity index (χ1v) is 6.57. The number of alkyl halides is 3. The monoisotopic (exact) mass is 268 g/mol. The average Bonchev–Trinajstić information content (AvgIpc) is 2.58. The number of halogens is 3. The Morgan fingerprint density at radius 2 is 1.95 bits per heavy atom. The first-order valence-electron chi connectivity index (χ1n) is 6.57. The Labute approximate surface area is 109 Å². The molecule has 0 aromatic heterocycles. The normalized spacial score (nSPS) is 19.3. The maximum absolute atomic E-state index is 12.7. The van der Waals surface area contributed by atoms with Crippen LogP contribution in [0.3, 0.4) is 0 Å². The predicted octanol–water partition coefficient (Wildman–Crippen LogP) is 4.13. The molecule has 102 valence electrons. The number of hydrogen-bond donors (Lipinski definition) is 0. The molecule has 1 aromatic carbocycles. The third-order valence-electron chi connectivity index (χ3n) is 3.72. The molecule has 0 N–H and O–H groups in total. The molecule has 0 spiro atoms. The first-order chi connectivity index (χ1) is 9.04. The van der Waals surface area contributed by atoms with Crippen molar-refractivity contribution in [2.24, 2.45) is 4.99 Å². The lowest BCUT2D eigenvalue weighted by Gasteiger charge is -2.29. The first kappa shape index (κ1) is 12.5. The third-order valence-corrected chi connectivity index (χ3v) is 3.72. The molecule has 0 radical (unpaired) electrons. The van der Waals surface area contributed by atoms with E-state index in [1.54, 1.807) is 6.07 Å². The van der Waals surface area contributed by atoms with Crippen LogP contribution in [0.4, 0.5) is 18.9 Å². The number of amidine groups is 1. The van der Waals surface area contributed by atoms with Crippen molar-refractivity contribution in [3.8, 4) is 0 Å². The van der Waals surface area contributed by atoms with Crippen LogP contribution in [-0.4, -0.2) is 17.3 Å². The zero-order chi connectivity index (χ0) is 13.5. The van der Waals surface area contributed by atoms with Gasteiger partial charge in [-0.2, -0.15) is 13.2 Å². The van der Waals surface area contributed by atoms with Gasteiger partial charge in [0.2, 0.25) is 0 Å². The van der Waals surface area contributed by atoms with Crippen LogP contribution in [0.2, 0.25) is 0 Å².